The number of rotatable bonds is 10. The summed E-state index contributed by atoms with van der Waals surface area (Å²) in [5, 5.41) is 6.81. The van der Waals surface area contributed by atoms with Crippen molar-refractivity contribution >= 4 is 5.96 Å². The van der Waals surface area contributed by atoms with Gasteiger partial charge in [0, 0.05) is 39.3 Å². The fourth-order valence-corrected chi connectivity index (χ4v) is 3.96. The van der Waals surface area contributed by atoms with Gasteiger partial charge >= 0.3 is 0 Å². The molecule has 2 fully saturated rings. The maximum Gasteiger partial charge on any atom is 0.191 e. The summed E-state index contributed by atoms with van der Waals surface area (Å²) >= 11 is 0. The third kappa shape index (κ3) is 7.96. The number of hydrogen-bond donors (Lipinski definition) is 2. The van der Waals surface area contributed by atoms with E-state index in [9.17, 15) is 0 Å². The van der Waals surface area contributed by atoms with Crippen molar-refractivity contribution in [1.29, 1.82) is 0 Å². The van der Waals surface area contributed by atoms with Crippen molar-refractivity contribution in [2.45, 2.75) is 58.2 Å². The molecule has 1 heterocycles. The second kappa shape index (κ2) is 12.8. The molecule has 1 saturated heterocycles. The second-order valence-corrected chi connectivity index (χ2v) is 7.91. The second-order valence-electron chi connectivity index (χ2n) is 7.91. The first kappa shape index (κ1) is 22.1. The van der Waals surface area contributed by atoms with Gasteiger partial charge in [-0.1, -0.05) is 37.1 Å². The number of nitrogens with one attached hydrogen (secondary N) is 2. The Bertz CT molecular complexity index is 611. The van der Waals surface area contributed by atoms with Crippen LogP contribution in [0.4, 0.5) is 0 Å². The third-order valence-electron chi connectivity index (χ3n) is 5.64. The Kier molecular flexibility index (Phi) is 9.76. The van der Waals surface area contributed by atoms with Gasteiger partial charge in [-0.25, -0.2) is 4.99 Å². The molecule has 0 unspecified atom stereocenters. The van der Waals surface area contributed by atoms with E-state index in [1.807, 2.05) is 0 Å². The number of nitrogens with zero attached hydrogens (tertiary/aromatic N) is 2. The van der Waals surface area contributed by atoms with Crippen LogP contribution in [0.15, 0.2) is 29.3 Å². The van der Waals surface area contributed by atoms with Crippen LogP contribution in [0.1, 0.15) is 50.2 Å². The van der Waals surface area contributed by atoms with Crippen LogP contribution in [-0.4, -0.2) is 63.0 Å². The Balaban J connectivity index is 1.46. The highest BCUT2D eigenvalue weighted by Crippen LogP contribution is 2.20. The van der Waals surface area contributed by atoms with Gasteiger partial charge in [0.25, 0.3) is 0 Å². The smallest absolute Gasteiger partial charge is 0.191 e. The number of guanidine groups is 1. The van der Waals surface area contributed by atoms with Gasteiger partial charge in [-0.3, -0.25) is 4.90 Å². The molecule has 1 aromatic rings. The standard InChI is InChI=1S/C23H38N4O2/c1-2-24-23(25-12-7-15-29-22-10-5-6-11-22)26-18-20-8-3-4-9-21(20)19-27-13-16-28-17-14-27/h3-4,8-9,22H,2,5-7,10-19H2,1H3,(H2,24,25,26). The van der Waals surface area contributed by atoms with Crippen molar-refractivity contribution in [3.63, 3.8) is 0 Å². The Labute approximate surface area is 176 Å². The van der Waals surface area contributed by atoms with Gasteiger partial charge in [0.05, 0.1) is 25.9 Å². The normalized spacial score (nSPS) is 18.9. The Morgan fingerprint density at radius 2 is 1.90 bits per heavy atom. The van der Waals surface area contributed by atoms with E-state index in [2.05, 4.69) is 46.7 Å². The lowest BCUT2D eigenvalue weighted by Crippen LogP contribution is -2.38. The number of ether oxygens (including phenoxy) is 2. The Morgan fingerprint density at radius 3 is 2.66 bits per heavy atom. The predicted octanol–water partition coefficient (Wildman–Crippen LogP) is 2.92. The van der Waals surface area contributed by atoms with Crippen molar-refractivity contribution in [1.82, 2.24) is 15.5 Å². The lowest BCUT2D eigenvalue weighted by molar-refractivity contribution is 0.0341. The van der Waals surface area contributed by atoms with Gasteiger partial charge in [-0.05, 0) is 37.3 Å². The fraction of sp³-hybridized carbons (Fsp3) is 0.696. The highest BCUT2D eigenvalue weighted by Gasteiger charge is 2.15. The summed E-state index contributed by atoms with van der Waals surface area (Å²) in [4.78, 5) is 7.28. The molecule has 0 atom stereocenters. The molecule has 29 heavy (non-hydrogen) atoms. The van der Waals surface area contributed by atoms with E-state index in [1.165, 1.54) is 36.8 Å². The molecule has 162 valence electrons. The van der Waals surface area contributed by atoms with Gasteiger partial charge in [0.2, 0.25) is 0 Å². The van der Waals surface area contributed by atoms with Crippen LogP contribution in [-0.2, 0) is 22.6 Å². The van der Waals surface area contributed by atoms with Crippen LogP contribution in [0, 0.1) is 0 Å². The molecule has 6 nitrogen and oxygen atoms in total. The SMILES string of the molecule is CCNC(=NCc1ccccc1CN1CCOCC1)NCCCOC1CCCC1. The van der Waals surface area contributed by atoms with E-state index in [4.69, 9.17) is 14.5 Å². The molecular weight excluding hydrogens is 364 g/mol. The average molecular weight is 403 g/mol. The van der Waals surface area contributed by atoms with Gasteiger partial charge in [0.15, 0.2) is 5.96 Å². The van der Waals surface area contributed by atoms with E-state index in [0.29, 0.717) is 12.6 Å². The van der Waals surface area contributed by atoms with Crippen molar-refractivity contribution in [3.05, 3.63) is 35.4 Å². The summed E-state index contributed by atoms with van der Waals surface area (Å²) in [5.74, 6) is 0.884. The molecule has 6 heteroatoms. The summed E-state index contributed by atoms with van der Waals surface area (Å²) in [6, 6.07) is 8.64. The third-order valence-corrected chi connectivity index (χ3v) is 5.64. The monoisotopic (exact) mass is 402 g/mol. The molecule has 1 saturated carbocycles. The molecule has 0 aromatic heterocycles. The number of hydrogen-bond acceptors (Lipinski definition) is 4. The molecule has 3 rings (SSSR count). The molecule has 1 aliphatic heterocycles. The minimum absolute atomic E-state index is 0.500. The van der Waals surface area contributed by atoms with Crippen LogP contribution in [0.5, 0.6) is 0 Å². The van der Waals surface area contributed by atoms with Crippen LogP contribution >= 0.6 is 0 Å². The van der Waals surface area contributed by atoms with Crippen LogP contribution in [0.2, 0.25) is 0 Å². The van der Waals surface area contributed by atoms with Crippen molar-refractivity contribution in [2.24, 2.45) is 4.99 Å². The number of morpholine rings is 1. The minimum Gasteiger partial charge on any atom is -0.379 e. The molecule has 0 spiro atoms. The van der Waals surface area contributed by atoms with E-state index in [-0.39, 0.29) is 0 Å². The molecule has 0 radical (unpaired) electrons. The lowest BCUT2D eigenvalue weighted by Gasteiger charge is -2.27. The van der Waals surface area contributed by atoms with Gasteiger partial charge in [0.1, 0.15) is 0 Å². The van der Waals surface area contributed by atoms with Crippen molar-refractivity contribution < 1.29 is 9.47 Å². The van der Waals surface area contributed by atoms with E-state index >= 15 is 0 Å². The maximum absolute atomic E-state index is 5.95. The topological polar surface area (TPSA) is 58.1 Å². The largest absolute Gasteiger partial charge is 0.379 e. The summed E-state index contributed by atoms with van der Waals surface area (Å²) in [6.07, 6.45) is 6.64. The maximum atomic E-state index is 5.95. The van der Waals surface area contributed by atoms with Crippen molar-refractivity contribution in [2.75, 3.05) is 46.0 Å². The molecular formula is C23H38N4O2. The summed E-state index contributed by atoms with van der Waals surface area (Å²) in [5.41, 5.74) is 2.65. The zero-order valence-electron chi connectivity index (χ0n) is 18.0. The Hall–Kier alpha value is -1.63. The Morgan fingerprint density at radius 1 is 1.14 bits per heavy atom. The lowest BCUT2D eigenvalue weighted by atomic mass is 10.1. The molecule has 1 aromatic carbocycles. The molecule has 0 bridgehead atoms. The fourth-order valence-electron chi connectivity index (χ4n) is 3.96. The first-order chi connectivity index (χ1) is 14.3. The molecule has 2 aliphatic rings. The zero-order valence-corrected chi connectivity index (χ0v) is 18.0. The van der Waals surface area contributed by atoms with E-state index < -0.39 is 0 Å². The minimum atomic E-state index is 0.500. The molecule has 2 N–H and O–H groups in total. The average Bonchev–Trinajstić information content (AvgIpc) is 3.27. The summed E-state index contributed by atoms with van der Waals surface area (Å²) in [6.45, 7) is 10.0. The summed E-state index contributed by atoms with van der Waals surface area (Å²) in [7, 11) is 0. The first-order valence-electron chi connectivity index (χ1n) is 11.4. The van der Waals surface area contributed by atoms with E-state index in [0.717, 1.165) is 64.9 Å². The highest BCUT2D eigenvalue weighted by molar-refractivity contribution is 5.79. The van der Waals surface area contributed by atoms with Gasteiger partial charge < -0.3 is 20.1 Å². The van der Waals surface area contributed by atoms with Crippen LogP contribution < -0.4 is 10.6 Å². The van der Waals surface area contributed by atoms with Crippen LogP contribution in [0.3, 0.4) is 0 Å². The zero-order chi connectivity index (χ0) is 20.2. The quantitative estimate of drug-likeness (QED) is 0.358. The highest BCUT2D eigenvalue weighted by atomic mass is 16.5. The predicted molar refractivity (Wildman–Crippen MR) is 118 cm³/mol. The molecule has 1 aliphatic carbocycles. The van der Waals surface area contributed by atoms with Gasteiger partial charge in [-0.15, -0.1) is 0 Å². The van der Waals surface area contributed by atoms with Gasteiger partial charge in [-0.2, -0.15) is 0 Å². The number of aliphatic imine (C=N–C) groups is 1. The molecule has 0 amide bonds. The van der Waals surface area contributed by atoms with Crippen molar-refractivity contribution in [3.8, 4) is 0 Å². The number of benzene rings is 1. The van der Waals surface area contributed by atoms with E-state index in [1.54, 1.807) is 0 Å². The first-order valence-corrected chi connectivity index (χ1v) is 11.4. The van der Waals surface area contributed by atoms with Crippen LogP contribution in [0.25, 0.3) is 0 Å². The summed E-state index contributed by atoms with van der Waals surface area (Å²) < 4.78 is 11.4.